The third-order valence-electron chi connectivity index (χ3n) is 5.11. The van der Waals surface area contributed by atoms with Gasteiger partial charge in [-0.2, -0.15) is 26.3 Å². The number of ether oxygens (including phenoxy) is 1. The number of halogens is 9. The van der Waals surface area contributed by atoms with Crippen molar-refractivity contribution in [1.29, 1.82) is 0 Å². The summed E-state index contributed by atoms with van der Waals surface area (Å²) < 4.78 is 83.3. The fraction of sp³-hybridized carbons (Fsp3) is 0.333. The summed E-state index contributed by atoms with van der Waals surface area (Å²) in [5.41, 5.74) is 0.470. The van der Waals surface area contributed by atoms with Crippen molar-refractivity contribution in [1.82, 2.24) is 10.6 Å². The monoisotopic (exact) mass is 604 g/mol. The Balaban J connectivity index is 2.24. The van der Waals surface area contributed by atoms with Crippen molar-refractivity contribution in [3.63, 3.8) is 0 Å². The first-order chi connectivity index (χ1) is 17.5. The van der Waals surface area contributed by atoms with Crippen LogP contribution in [-0.2, 0) is 9.53 Å². The Kier molecular flexibility index (Phi) is 10.9. The van der Waals surface area contributed by atoms with Crippen LogP contribution in [0.5, 0.6) is 0 Å². The number of methoxy groups -OCH3 is 1. The minimum atomic E-state index is -4.69. The van der Waals surface area contributed by atoms with Gasteiger partial charge in [-0.25, -0.2) is 0 Å². The van der Waals surface area contributed by atoms with Crippen LogP contribution in [0.3, 0.4) is 0 Å². The zero-order chi connectivity index (χ0) is 28.8. The van der Waals surface area contributed by atoms with Crippen LogP contribution in [0.15, 0.2) is 36.4 Å². The summed E-state index contributed by atoms with van der Waals surface area (Å²) in [5.74, 6) is -3.96. The maximum absolute atomic E-state index is 13.8. The van der Waals surface area contributed by atoms with E-state index in [0.29, 0.717) is 11.1 Å². The Bertz CT molecular complexity index is 1180. The van der Waals surface area contributed by atoms with Crippen LogP contribution >= 0.6 is 34.8 Å². The molecule has 0 aromatic heterocycles. The normalized spacial score (nSPS) is 13.9. The van der Waals surface area contributed by atoms with Crippen LogP contribution in [0.4, 0.5) is 26.3 Å². The average molecular weight is 606 g/mol. The van der Waals surface area contributed by atoms with Crippen LogP contribution in [0.2, 0.25) is 15.1 Å². The lowest BCUT2D eigenvalue weighted by molar-refractivity contribution is -0.140. The predicted molar refractivity (Wildman–Crippen MR) is 133 cm³/mol. The molecule has 2 atom stereocenters. The summed E-state index contributed by atoms with van der Waals surface area (Å²) in [4.78, 5) is 24.7. The van der Waals surface area contributed by atoms with E-state index in [9.17, 15) is 35.9 Å². The van der Waals surface area contributed by atoms with Gasteiger partial charge in [-0.1, -0.05) is 59.1 Å². The molecule has 0 saturated heterocycles. The Morgan fingerprint density at radius 3 is 2.13 bits per heavy atom. The third-order valence-corrected chi connectivity index (χ3v) is 6.31. The number of hydrogen-bond acceptors (Lipinski definition) is 3. The second-order valence-corrected chi connectivity index (χ2v) is 9.26. The van der Waals surface area contributed by atoms with Gasteiger partial charge in [-0.15, -0.1) is 0 Å². The van der Waals surface area contributed by atoms with Crippen LogP contribution < -0.4 is 10.6 Å². The molecule has 2 rings (SSSR count). The Labute approximate surface area is 229 Å². The number of benzene rings is 2. The Morgan fingerprint density at radius 1 is 1.03 bits per heavy atom. The van der Waals surface area contributed by atoms with Gasteiger partial charge in [0.05, 0.1) is 27.6 Å². The molecule has 0 fully saturated rings. The molecule has 2 N–H and O–H groups in total. The Morgan fingerprint density at radius 2 is 1.63 bits per heavy atom. The van der Waals surface area contributed by atoms with Gasteiger partial charge in [0.15, 0.2) is 0 Å². The SMILES string of the molecule is COCC(NC(=O)c1ccc(C=CC(c2cc(Cl)c(Cl)c(Cl)c2)C(F)(F)F)cc1C)C(=O)NCC(F)(F)F. The number of nitrogens with one attached hydrogen (secondary N) is 2. The number of carbonyl (C=O) groups excluding carboxylic acids is 2. The zero-order valence-electron chi connectivity index (χ0n) is 19.7. The first kappa shape index (κ1) is 31.7. The molecule has 0 aliphatic carbocycles. The molecule has 0 heterocycles. The van der Waals surface area contributed by atoms with Gasteiger partial charge in [0.25, 0.3) is 5.91 Å². The van der Waals surface area contributed by atoms with Crippen molar-refractivity contribution in [2.75, 3.05) is 20.3 Å². The second kappa shape index (κ2) is 13.1. The van der Waals surface area contributed by atoms with Crippen molar-refractivity contribution in [2.45, 2.75) is 31.2 Å². The highest BCUT2D eigenvalue weighted by atomic mass is 35.5. The smallest absolute Gasteiger partial charge is 0.382 e. The molecule has 0 bridgehead atoms. The molecule has 38 heavy (non-hydrogen) atoms. The largest absolute Gasteiger partial charge is 0.405 e. The third kappa shape index (κ3) is 9.07. The van der Waals surface area contributed by atoms with Crippen molar-refractivity contribution in [2.24, 2.45) is 0 Å². The number of allylic oxidation sites excluding steroid dienone is 1. The summed E-state index contributed by atoms with van der Waals surface area (Å²) in [6.07, 6.45) is -7.24. The lowest BCUT2D eigenvalue weighted by Crippen LogP contribution is -2.51. The van der Waals surface area contributed by atoms with Crippen molar-refractivity contribution in [3.05, 3.63) is 73.7 Å². The molecule has 0 spiro atoms. The highest BCUT2D eigenvalue weighted by molar-refractivity contribution is 6.48. The molecule has 208 valence electrons. The zero-order valence-corrected chi connectivity index (χ0v) is 22.0. The molecule has 0 aliphatic rings. The highest BCUT2D eigenvalue weighted by Gasteiger charge is 2.39. The van der Waals surface area contributed by atoms with Gasteiger partial charge in [0.1, 0.15) is 12.6 Å². The van der Waals surface area contributed by atoms with Gasteiger partial charge >= 0.3 is 12.4 Å². The summed E-state index contributed by atoms with van der Waals surface area (Å²) in [7, 11) is 1.20. The summed E-state index contributed by atoms with van der Waals surface area (Å²) in [6, 6.07) is 4.81. The molecular formula is C24H21Cl3F6N2O3. The molecule has 0 radical (unpaired) electrons. The lowest BCUT2D eigenvalue weighted by atomic mass is 9.96. The standard InChI is InChI=1S/C24H21Cl3F6N2O3/c1-12-7-13(4-6-16(24(31,32)33)14-8-17(25)20(27)18(26)9-14)3-5-15(12)21(36)35-19(10-38-2)22(37)34-11-23(28,29)30/h3-9,16,19H,10-11H2,1-2H3,(H,34,37)(H,35,36). The number of carbonyl (C=O) groups is 2. The summed E-state index contributed by atoms with van der Waals surface area (Å²) >= 11 is 17.6. The topological polar surface area (TPSA) is 67.4 Å². The molecule has 2 amide bonds. The maximum Gasteiger partial charge on any atom is 0.405 e. The Hall–Kier alpha value is -2.47. The van der Waals surface area contributed by atoms with E-state index >= 15 is 0 Å². The molecule has 2 aromatic rings. The first-order valence-electron chi connectivity index (χ1n) is 10.7. The van der Waals surface area contributed by atoms with Crippen LogP contribution in [0, 0.1) is 6.92 Å². The van der Waals surface area contributed by atoms with Crippen molar-refractivity contribution < 1.29 is 40.7 Å². The first-order valence-corrected chi connectivity index (χ1v) is 11.8. The fourth-order valence-electron chi connectivity index (χ4n) is 3.31. The minimum absolute atomic E-state index is 0.0514. The second-order valence-electron chi connectivity index (χ2n) is 8.07. The number of rotatable bonds is 9. The van der Waals surface area contributed by atoms with E-state index in [1.165, 1.54) is 38.3 Å². The molecular weight excluding hydrogens is 585 g/mol. The minimum Gasteiger partial charge on any atom is -0.382 e. The summed E-state index contributed by atoms with van der Waals surface area (Å²) in [5, 5.41) is 3.61. The number of amides is 2. The van der Waals surface area contributed by atoms with Gasteiger partial charge < -0.3 is 15.4 Å². The van der Waals surface area contributed by atoms with Crippen LogP contribution in [0.1, 0.15) is 33.0 Å². The highest BCUT2D eigenvalue weighted by Crippen LogP contribution is 2.41. The molecule has 0 saturated carbocycles. The quantitative estimate of drug-likeness (QED) is 0.246. The summed E-state index contributed by atoms with van der Waals surface area (Å²) in [6.45, 7) is -0.483. The number of alkyl halides is 6. The van der Waals surface area contributed by atoms with Crippen molar-refractivity contribution >= 4 is 52.7 Å². The number of aryl methyl sites for hydroxylation is 1. The molecule has 2 aromatic carbocycles. The van der Waals surface area contributed by atoms with E-state index in [4.69, 9.17) is 39.5 Å². The van der Waals surface area contributed by atoms with Crippen LogP contribution in [-0.4, -0.2) is 50.5 Å². The van der Waals surface area contributed by atoms with Gasteiger partial charge in [-0.3, -0.25) is 9.59 Å². The molecule has 0 aliphatic heterocycles. The predicted octanol–water partition coefficient (Wildman–Crippen LogP) is 6.74. The molecule has 2 unspecified atom stereocenters. The van der Waals surface area contributed by atoms with Gasteiger partial charge in [-0.05, 0) is 41.8 Å². The molecule has 14 heteroatoms. The number of hydrogen-bond donors (Lipinski definition) is 2. The van der Waals surface area contributed by atoms with Crippen LogP contribution in [0.25, 0.3) is 6.08 Å². The van der Waals surface area contributed by atoms with E-state index in [-0.39, 0.29) is 26.2 Å². The molecule has 5 nitrogen and oxygen atoms in total. The van der Waals surface area contributed by atoms with E-state index in [1.54, 1.807) is 5.32 Å². The lowest BCUT2D eigenvalue weighted by Gasteiger charge is -2.19. The fourth-order valence-corrected chi connectivity index (χ4v) is 3.93. The maximum atomic E-state index is 13.8. The van der Waals surface area contributed by atoms with E-state index in [2.05, 4.69) is 5.32 Å². The van der Waals surface area contributed by atoms with Crippen molar-refractivity contribution in [3.8, 4) is 0 Å². The van der Waals surface area contributed by atoms with E-state index in [1.807, 2.05) is 0 Å². The van der Waals surface area contributed by atoms with E-state index in [0.717, 1.165) is 18.2 Å². The average Bonchev–Trinajstić information content (AvgIpc) is 2.79. The van der Waals surface area contributed by atoms with Gasteiger partial charge in [0.2, 0.25) is 5.91 Å². The van der Waals surface area contributed by atoms with E-state index < -0.39 is 49.3 Å². The van der Waals surface area contributed by atoms with Gasteiger partial charge in [0, 0.05) is 12.7 Å².